The van der Waals surface area contributed by atoms with E-state index in [1.807, 2.05) is 0 Å². The van der Waals surface area contributed by atoms with Crippen molar-refractivity contribution >= 4 is 10.0 Å². The maximum Gasteiger partial charge on any atom is 0.273 e. The van der Waals surface area contributed by atoms with Crippen LogP contribution >= 0.6 is 0 Å². The Morgan fingerprint density at radius 1 is 1.25 bits per heavy atom. The molecule has 9 heteroatoms. The van der Waals surface area contributed by atoms with Crippen LogP contribution in [0, 0.1) is 0 Å². The SMILES string of the molecule is Cn1c(-c2cncnc2)nnc1S(N)(=O)=O. The molecule has 8 nitrogen and oxygen atoms in total. The van der Waals surface area contributed by atoms with Crippen LogP contribution in [0.4, 0.5) is 0 Å². The van der Waals surface area contributed by atoms with Crippen molar-refractivity contribution in [3.63, 3.8) is 0 Å². The number of aromatic nitrogens is 5. The maximum atomic E-state index is 11.1. The van der Waals surface area contributed by atoms with E-state index in [0.717, 1.165) is 0 Å². The van der Waals surface area contributed by atoms with Crippen molar-refractivity contribution in [2.24, 2.45) is 12.2 Å². The molecule has 0 atom stereocenters. The van der Waals surface area contributed by atoms with Crippen LogP contribution in [0.5, 0.6) is 0 Å². The summed E-state index contributed by atoms with van der Waals surface area (Å²) in [4.78, 5) is 7.60. The zero-order valence-corrected chi connectivity index (χ0v) is 9.09. The number of sulfonamides is 1. The van der Waals surface area contributed by atoms with Gasteiger partial charge in [-0.3, -0.25) is 4.57 Å². The van der Waals surface area contributed by atoms with Gasteiger partial charge in [0.1, 0.15) is 6.33 Å². The average molecular weight is 240 g/mol. The highest BCUT2D eigenvalue weighted by atomic mass is 32.2. The van der Waals surface area contributed by atoms with Crippen LogP contribution in [-0.2, 0) is 17.1 Å². The molecule has 0 aliphatic carbocycles. The van der Waals surface area contributed by atoms with Gasteiger partial charge < -0.3 is 0 Å². The summed E-state index contributed by atoms with van der Waals surface area (Å²) < 4.78 is 23.5. The number of primary sulfonamides is 1. The third-order valence-electron chi connectivity index (χ3n) is 1.91. The number of nitrogens with two attached hydrogens (primary N) is 1. The Hall–Kier alpha value is -1.87. The van der Waals surface area contributed by atoms with Gasteiger partial charge >= 0.3 is 0 Å². The van der Waals surface area contributed by atoms with Gasteiger partial charge in [0.2, 0.25) is 0 Å². The fourth-order valence-corrected chi connectivity index (χ4v) is 1.85. The smallest absolute Gasteiger partial charge is 0.273 e. The van der Waals surface area contributed by atoms with E-state index in [2.05, 4.69) is 20.2 Å². The Morgan fingerprint density at radius 2 is 1.88 bits per heavy atom. The molecule has 0 bridgehead atoms. The van der Waals surface area contributed by atoms with E-state index in [0.29, 0.717) is 11.4 Å². The quantitative estimate of drug-likeness (QED) is 0.713. The molecule has 2 heterocycles. The van der Waals surface area contributed by atoms with Gasteiger partial charge in [0.25, 0.3) is 15.2 Å². The number of hydrogen-bond acceptors (Lipinski definition) is 6. The van der Waals surface area contributed by atoms with Crippen molar-refractivity contribution in [2.45, 2.75) is 5.16 Å². The molecule has 0 amide bonds. The normalized spacial score (nSPS) is 11.6. The Bertz CT molecular complexity index is 605. The van der Waals surface area contributed by atoms with Crippen LogP contribution in [0.1, 0.15) is 0 Å². The Kier molecular flexibility index (Phi) is 2.40. The van der Waals surface area contributed by atoms with Crippen LogP contribution in [-0.4, -0.2) is 33.2 Å². The van der Waals surface area contributed by atoms with Crippen LogP contribution in [0.2, 0.25) is 0 Å². The highest BCUT2D eigenvalue weighted by Gasteiger charge is 2.19. The Balaban J connectivity index is 2.59. The molecular weight excluding hydrogens is 232 g/mol. The molecule has 2 aromatic rings. The lowest BCUT2D eigenvalue weighted by Gasteiger charge is -2.00. The predicted octanol–water partition coefficient (Wildman–Crippen LogP) is -1.08. The largest absolute Gasteiger partial charge is 0.300 e. The van der Waals surface area contributed by atoms with Crippen LogP contribution < -0.4 is 5.14 Å². The summed E-state index contributed by atoms with van der Waals surface area (Å²) in [6, 6.07) is 0. The van der Waals surface area contributed by atoms with Crippen molar-refractivity contribution in [2.75, 3.05) is 0 Å². The second-order valence-corrected chi connectivity index (χ2v) is 4.49. The molecule has 0 saturated carbocycles. The first-order chi connectivity index (χ1) is 7.50. The first kappa shape index (κ1) is 10.6. The highest BCUT2D eigenvalue weighted by Crippen LogP contribution is 2.15. The zero-order chi connectivity index (χ0) is 11.8. The van der Waals surface area contributed by atoms with Crippen molar-refractivity contribution in [1.29, 1.82) is 0 Å². The fourth-order valence-electron chi connectivity index (χ4n) is 1.23. The third-order valence-corrected chi connectivity index (χ3v) is 2.77. The second kappa shape index (κ2) is 3.61. The molecule has 2 aromatic heterocycles. The molecule has 0 radical (unpaired) electrons. The number of rotatable bonds is 2. The van der Waals surface area contributed by atoms with E-state index in [-0.39, 0.29) is 5.16 Å². The summed E-state index contributed by atoms with van der Waals surface area (Å²) in [5.41, 5.74) is 0.562. The first-order valence-corrected chi connectivity index (χ1v) is 5.72. The molecule has 0 aliphatic rings. The third kappa shape index (κ3) is 1.77. The van der Waals surface area contributed by atoms with E-state index in [1.54, 1.807) is 0 Å². The molecule has 2 rings (SSSR count). The summed E-state index contributed by atoms with van der Waals surface area (Å²) in [5.74, 6) is 0.338. The monoisotopic (exact) mass is 240 g/mol. The first-order valence-electron chi connectivity index (χ1n) is 4.17. The van der Waals surface area contributed by atoms with Gasteiger partial charge in [0, 0.05) is 19.4 Å². The molecule has 0 unspecified atom stereocenters. The molecule has 0 aliphatic heterocycles. The molecule has 0 aromatic carbocycles. The van der Waals surface area contributed by atoms with Crippen molar-refractivity contribution in [1.82, 2.24) is 24.7 Å². The lowest BCUT2D eigenvalue weighted by molar-refractivity contribution is 0.580. The molecule has 0 fully saturated rings. The van der Waals surface area contributed by atoms with Gasteiger partial charge in [-0.15, -0.1) is 10.2 Å². The van der Waals surface area contributed by atoms with Crippen molar-refractivity contribution in [3.8, 4) is 11.4 Å². The van der Waals surface area contributed by atoms with Gasteiger partial charge in [-0.05, 0) is 0 Å². The van der Waals surface area contributed by atoms with Crippen LogP contribution in [0.3, 0.4) is 0 Å². The fraction of sp³-hybridized carbons (Fsp3) is 0.143. The number of nitrogens with zero attached hydrogens (tertiary/aromatic N) is 5. The van der Waals surface area contributed by atoms with E-state index < -0.39 is 10.0 Å². The van der Waals surface area contributed by atoms with Gasteiger partial charge in [-0.25, -0.2) is 23.5 Å². The van der Waals surface area contributed by atoms with Gasteiger partial charge in [-0.1, -0.05) is 0 Å². The van der Waals surface area contributed by atoms with Gasteiger partial charge in [-0.2, -0.15) is 0 Å². The van der Waals surface area contributed by atoms with Crippen LogP contribution in [0.25, 0.3) is 11.4 Å². The summed E-state index contributed by atoms with van der Waals surface area (Å²) in [7, 11) is -2.37. The van der Waals surface area contributed by atoms with E-state index >= 15 is 0 Å². The predicted molar refractivity (Wildman–Crippen MR) is 53.4 cm³/mol. The Labute approximate surface area is 91.2 Å². The van der Waals surface area contributed by atoms with E-state index in [1.165, 1.54) is 30.3 Å². The molecular formula is C7H8N6O2S. The van der Waals surface area contributed by atoms with Gasteiger partial charge in [0.15, 0.2) is 5.82 Å². The highest BCUT2D eigenvalue weighted by molar-refractivity contribution is 7.89. The average Bonchev–Trinajstić information content (AvgIpc) is 2.61. The van der Waals surface area contributed by atoms with Crippen molar-refractivity contribution in [3.05, 3.63) is 18.7 Å². The standard InChI is InChI=1S/C7H8N6O2S/c1-13-6(5-2-9-4-10-3-5)11-12-7(13)16(8,14)15/h2-4H,1H3,(H2,8,14,15). The summed E-state index contributed by atoms with van der Waals surface area (Å²) in [5, 5.41) is 11.9. The number of hydrogen-bond donors (Lipinski definition) is 1. The molecule has 0 spiro atoms. The van der Waals surface area contributed by atoms with Gasteiger partial charge in [0.05, 0.1) is 5.56 Å². The minimum atomic E-state index is -3.87. The van der Waals surface area contributed by atoms with Crippen LogP contribution in [0.15, 0.2) is 23.9 Å². The zero-order valence-electron chi connectivity index (χ0n) is 8.27. The van der Waals surface area contributed by atoms with Crippen molar-refractivity contribution < 1.29 is 8.42 Å². The Morgan fingerprint density at radius 3 is 2.38 bits per heavy atom. The summed E-state index contributed by atoms with van der Waals surface area (Å²) in [6.07, 6.45) is 4.37. The topological polar surface area (TPSA) is 117 Å². The van der Waals surface area contributed by atoms with E-state index in [4.69, 9.17) is 5.14 Å². The molecule has 16 heavy (non-hydrogen) atoms. The maximum absolute atomic E-state index is 11.1. The van der Waals surface area contributed by atoms with E-state index in [9.17, 15) is 8.42 Å². The second-order valence-electron chi connectivity index (χ2n) is 3.04. The lowest BCUT2D eigenvalue weighted by atomic mass is 10.3. The lowest BCUT2D eigenvalue weighted by Crippen LogP contribution is -2.17. The summed E-state index contributed by atoms with van der Waals surface area (Å²) in [6.45, 7) is 0. The minimum absolute atomic E-state index is 0.300. The molecule has 2 N–H and O–H groups in total. The molecule has 0 saturated heterocycles. The molecule has 84 valence electrons. The summed E-state index contributed by atoms with van der Waals surface area (Å²) >= 11 is 0. The minimum Gasteiger partial charge on any atom is -0.300 e.